The van der Waals surface area contributed by atoms with Crippen molar-refractivity contribution in [2.45, 2.75) is 6.92 Å². The number of fused-ring (bicyclic) bond motifs is 3. The fourth-order valence-corrected chi connectivity index (χ4v) is 2.11. The number of hydrogen-bond acceptors (Lipinski definition) is 1. The quantitative estimate of drug-likeness (QED) is 0.620. The van der Waals surface area contributed by atoms with Gasteiger partial charge < -0.3 is 0 Å². The molecule has 0 spiro atoms. The SMILES string of the molecule is CC1=CC=C2C(=Cc3ccccc32)C1=O. The number of benzene rings is 1. The molecule has 0 fully saturated rings. The summed E-state index contributed by atoms with van der Waals surface area (Å²) in [5.74, 6) is 0.156. The second-order valence-corrected chi connectivity index (χ2v) is 3.90. The minimum atomic E-state index is 0.156. The van der Waals surface area contributed by atoms with Crippen LogP contribution in [-0.2, 0) is 4.79 Å². The van der Waals surface area contributed by atoms with E-state index in [-0.39, 0.29) is 5.78 Å². The predicted octanol–water partition coefficient (Wildman–Crippen LogP) is 3.00. The second kappa shape index (κ2) is 2.80. The zero-order valence-corrected chi connectivity index (χ0v) is 8.45. The van der Waals surface area contributed by atoms with Crippen LogP contribution >= 0.6 is 0 Å². The molecule has 0 atom stereocenters. The van der Waals surface area contributed by atoms with Crippen molar-refractivity contribution in [2.24, 2.45) is 0 Å². The maximum atomic E-state index is 11.9. The van der Waals surface area contributed by atoms with E-state index >= 15 is 0 Å². The Labute approximate surface area is 88.4 Å². The minimum absolute atomic E-state index is 0.156. The molecular formula is C14H10O. The zero-order valence-electron chi connectivity index (χ0n) is 8.45. The third-order valence-electron chi connectivity index (χ3n) is 2.94. The highest BCUT2D eigenvalue weighted by Crippen LogP contribution is 2.38. The second-order valence-electron chi connectivity index (χ2n) is 3.90. The molecule has 0 saturated heterocycles. The normalized spacial score (nSPS) is 17.7. The molecule has 0 heterocycles. The fourth-order valence-electron chi connectivity index (χ4n) is 2.11. The first kappa shape index (κ1) is 8.42. The van der Waals surface area contributed by atoms with Crippen molar-refractivity contribution in [1.29, 1.82) is 0 Å². The molecule has 15 heavy (non-hydrogen) atoms. The Morgan fingerprint density at radius 1 is 1.00 bits per heavy atom. The van der Waals surface area contributed by atoms with Gasteiger partial charge in [-0.3, -0.25) is 4.79 Å². The van der Waals surface area contributed by atoms with Crippen molar-refractivity contribution in [3.63, 3.8) is 0 Å². The van der Waals surface area contributed by atoms with Crippen LogP contribution in [0.3, 0.4) is 0 Å². The first-order valence-electron chi connectivity index (χ1n) is 5.02. The number of hydrogen-bond donors (Lipinski definition) is 0. The van der Waals surface area contributed by atoms with E-state index in [4.69, 9.17) is 0 Å². The summed E-state index contributed by atoms with van der Waals surface area (Å²) in [7, 11) is 0. The molecule has 0 unspecified atom stereocenters. The predicted molar refractivity (Wildman–Crippen MR) is 61.2 cm³/mol. The van der Waals surface area contributed by atoms with Crippen LogP contribution in [-0.4, -0.2) is 5.78 Å². The molecule has 0 aromatic heterocycles. The van der Waals surface area contributed by atoms with Crippen molar-refractivity contribution in [2.75, 3.05) is 0 Å². The Morgan fingerprint density at radius 3 is 2.67 bits per heavy atom. The molecule has 3 rings (SSSR count). The van der Waals surface area contributed by atoms with Gasteiger partial charge in [0.1, 0.15) is 0 Å². The molecule has 0 saturated carbocycles. The molecular weight excluding hydrogens is 184 g/mol. The summed E-state index contributed by atoms with van der Waals surface area (Å²) in [6.45, 7) is 1.86. The van der Waals surface area contributed by atoms with Crippen molar-refractivity contribution in [3.05, 3.63) is 58.7 Å². The lowest BCUT2D eigenvalue weighted by Crippen LogP contribution is -2.06. The zero-order chi connectivity index (χ0) is 10.4. The van der Waals surface area contributed by atoms with Crippen LogP contribution in [0.5, 0.6) is 0 Å². The number of ketones is 1. The van der Waals surface area contributed by atoms with Crippen LogP contribution in [0.15, 0.2) is 47.6 Å². The van der Waals surface area contributed by atoms with Gasteiger partial charge in [-0.15, -0.1) is 0 Å². The summed E-state index contributed by atoms with van der Waals surface area (Å²) in [5.41, 5.74) is 5.05. The molecule has 0 bridgehead atoms. The van der Waals surface area contributed by atoms with E-state index in [0.29, 0.717) is 0 Å². The van der Waals surface area contributed by atoms with Crippen LogP contribution in [0.25, 0.3) is 11.6 Å². The summed E-state index contributed by atoms with van der Waals surface area (Å²) < 4.78 is 0. The molecule has 0 aliphatic heterocycles. The maximum Gasteiger partial charge on any atom is 0.189 e. The van der Waals surface area contributed by atoms with E-state index in [1.807, 2.05) is 43.4 Å². The lowest BCUT2D eigenvalue weighted by atomic mass is 9.92. The van der Waals surface area contributed by atoms with E-state index in [2.05, 4.69) is 6.07 Å². The fraction of sp³-hybridized carbons (Fsp3) is 0.0714. The number of Topliss-reactive ketones (excluding diaryl/α,β-unsaturated/α-hetero) is 1. The molecule has 1 nitrogen and oxygen atoms in total. The van der Waals surface area contributed by atoms with Gasteiger partial charge in [0, 0.05) is 5.57 Å². The number of carbonyl (C=O) groups is 1. The van der Waals surface area contributed by atoms with E-state index in [1.165, 1.54) is 5.56 Å². The van der Waals surface area contributed by atoms with Crippen molar-refractivity contribution < 1.29 is 4.79 Å². The third kappa shape index (κ3) is 1.06. The van der Waals surface area contributed by atoms with Gasteiger partial charge in [0.25, 0.3) is 0 Å². The molecule has 72 valence electrons. The van der Waals surface area contributed by atoms with Crippen molar-refractivity contribution >= 4 is 17.4 Å². The van der Waals surface area contributed by atoms with Gasteiger partial charge in [0.2, 0.25) is 0 Å². The highest BCUT2D eigenvalue weighted by atomic mass is 16.1. The topological polar surface area (TPSA) is 17.1 Å². The average Bonchev–Trinajstić information content (AvgIpc) is 2.63. The summed E-state index contributed by atoms with van der Waals surface area (Å²) in [5, 5.41) is 0. The Morgan fingerprint density at radius 2 is 1.80 bits per heavy atom. The van der Waals surface area contributed by atoms with E-state index in [0.717, 1.165) is 22.3 Å². The van der Waals surface area contributed by atoms with Crippen molar-refractivity contribution in [1.82, 2.24) is 0 Å². The number of rotatable bonds is 0. The molecule has 1 aromatic carbocycles. The van der Waals surface area contributed by atoms with Gasteiger partial charge in [0.15, 0.2) is 5.78 Å². The van der Waals surface area contributed by atoms with Gasteiger partial charge in [-0.1, -0.05) is 36.4 Å². The first-order chi connectivity index (χ1) is 7.27. The molecule has 0 radical (unpaired) electrons. The molecule has 2 aliphatic carbocycles. The van der Waals surface area contributed by atoms with Gasteiger partial charge in [-0.05, 0) is 35.3 Å². The third-order valence-corrected chi connectivity index (χ3v) is 2.94. The molecule has 0 N–H and O–H groups in total. The smallest absolute Gasteiger partial charge is 0.189 e. The van der Waals surface area contributed by atoms with Crippen LogP contribution in [0, 0.1) is 0 Å². The standard InChI is InChI=1S/C14H10O/c1-9-6-7-12-11-5-3-2-4-10(11)8-13(12)14(9)15/h2-8H,1H3. The van der Waals surface area contributed by atoms with Crippen molar-refractivity contribution in [3.8, 4) is 0 Å². The Hall–Kier alpha value is -1.89. The Kier molecular flexibility index (Phi) is 1.57. The van der Waals surface area contributed by atoms with Crippen LogP contribution in [0.1, 0.15) is 18.1 Å². The number of carbonyl (C=O) groups excluding carboxylic acids is 1. The van der Waals surface area contributed by atoms with Gasteiger partial charge in [-0.2, -0.15) is 0 Å². The molecule has 1 aromatic rings. The Balaban J connectivity index is 2.26. The largest absolute Gasteiger partial charge is 0.289 e. The highest BCUT2D eigenvalue weighted by Gasteiger charge is 2.26. The maximum absolute atomic E-state index is 11.9. The van der Waals surface area contributed by atoms with Crippen LogP contribution in [0.2, 0.25) is 0 Å². The first-order valence-corrected chi connectivity index (χ1v) is 5.02. The average molecular weight is 194 g/mol. The van der Waals surface area contributed by atoms with E-state index in [1.54, 1.807) is 0 Å². The monoisotopic (exact) mass is 194 g/mol. The van der Waals surface area contributed by atoms with E-state index < -0.39 is 0 Å². The van der Waals surface area contributed by atoms with Gasteiger partial charge in [-0.25, -0.2) is 0 Å². The lowest BCUT2D eigenvalue weighted by Gasteiger charge is -2.10. The van der Waals surface area contributed by atoms with Gasteiger partial charge in [0.05, 0.1) is 0 Å². The van der Waals surface area contributed by atoms with Gasteiger partial charge >= 0.3 is 0 Å². The lowest BCUT2D eigenvalue weighted by molar-refractivity contribution is -0.111. The van der Waals surface area contributed by atoms with E-state index in [9.17, 15) is 4.79 Å². The summed E-state index contributed by atoms with van der Waals surface area (Å²) in [6, 6.07) is 8.11. The van der Waals surface area contributed by atoms with Crippen LogP contribution < -0.4 is 0 Å². The highest BCUT2D eigenvalue weighted by molar-refractivity contribution is 6.25. The molecule has 1 heteroatoms. The molecule has 0 amide bonds. The van der Waals surface area contributed by atoms with Crippen LogP contribution in [0.4, 0.5) is 0 Å². The summed E-state index contributed by atoms with van der Waals surface area (Å²) in [6.07, 6.45) is 5.92. The number of allylic oxidation sites excluding steroid dienone is 5. The summed E-state index contributed by atoms with van der Waals surface area (Å²) in [4.78, 5) is 11.9. The summed E-state index contributed by atoms with van der Waals surface area (Å²) >= 11 is 0. The molecule has 2 aliphatic rings. The minimum Gasteiger partial charge on any atom is -0.289 e. The Bertz CT molecular complexity index is 556.